The van der Waals surface area contributed by atoms with Crippen molar-refractivity contribution < 1.29 is 5.11 Å². The van der Waals surface area contributed by atoms with Crippen LogP contribution in [0.3, 0.4) is 0 Å². The highest BCUT2D eigenvalue weighted by atomic mass is 16.3. The number of aromatic nitrogens is 2. The molecule has 1 fully saturated rings. The molecule has 100 valence electrons. The highest BCUT2D eigenvalue weighted by Gasteiger charge is 2.25. The molecule has 1 aromatic heterocycles. The molecular weight excluding hydrogens is 228 g/mol. The number of hydrogen-bond donors (Lipinski definition) is 1. The van der Waals surface area contributed by atoms with Gasteiger partial charge in [-0.2, -0.15) is 0 Å². The normalized spacial score (nSPS) is 19.3. The lowest BCUT2D eigenvalue weighted by Crippen LogP contribution is -2.33. The SMILES string of the molecule is CCN(CC)c1cc(N2CCCC2CO)ncn1. The molecule has 0 aliphatic carbocycles. The number of aliphatic hydroxyl groups is 1. The van der Waals surface area contributed by atoms with Crippen LogP contribution < -0.4 is 9.80 Å². The van der Waals surface area contributed by atoms with E-state index in [4.69, 9.17) is 0 Å². The van der Waals surface area contributed by atoms with Crippen molar-refractivity contribution in [3.63, 3.8) is 0 Å². The van der Waals surface area contributed by atoms with E-state index in [1.807, 2.05) is 6.07 Å². The second-order valence-electron chi connectivity index (χ2n) is 4.58. The molecule has 5 heteroatoms. The predicted octanol–water partition coefficient (Wildman–Crippen LogP) is 1.28. The van der Waals surface area contributed by atoms with E-state index in [0.29, 0.717) is 0 Å². The van der Waals surface area contributed by atoms with Gasteiger partial charge in [0.2, 0.25) is 0 Å². The largest absolute Gasteiger partial charge is 0.394 e. The second kappa shape index (κ2) is 6.00. The Kier molecular flexibility index (Phi) is 4.36. The van der Waals surface area contributed by atoms with E-state index in [2.05, 4.69) is 33.6 Å². The second-order valence-corrected chi connectivity index (χ2v) is 4.58. The highest BCUT2D eigenvalue weighted by molar-refractivity contribution is 5.51. The van der Waals surface area contributed by atoms with Gasteiger partial charge < -0.3 is 14.9 Å². The molecule has 2 rings (SSSR count). The van der Waals surface area contributed by atoms with Gasteiger partial charge in [0.15, 0.2) is 0 Å². The lowest BCUT2D eigenvalue weighted by Gasteiger charge is -2.26. The van der Waals surface area contributed by atoms with Crippen LogP contribution in [0.5, 0.6) is 0 Å². The average Bonchev–Trinajstić information content (AvgIpc) is 2.89. The van der Waals surface area contributed by atoms with Crippen LogP contribution >= 0.6 is 0 Å². The average molecular weight is 250 g/mol. The summed E-state index contributed by atoms with van der Waals surface area (Å²) in [7, 11) is 0. The third kappa shape index (κ3) is 2.56. The minimum Gasteiger partial charge on any atom is -0.394 e. The molecule has 0 aromatic carbocycles. The predicted molar refractivity (Wildman–Crippen MR) is 73.0 cm³/mol. The smallest absolute Gasteiger partial charge is 0.134 e. The van der Waals surface area contributed by atoms with Crippen LogP contribution in [0.25, 0.3) is 0 Å². The van der Waals surface area contributed by atoms with E-state index >= 15 is 0 Å². The van der Waals surface area contributed by atoms with Gasteiger partial charge >= 0.3 is 0 Å². The topological polar surface area (TPSA) is 52.5 Å². The van der Waals surface area contributed by atoms with E-state index < -0.39 is 0 Å². The van der Waals surface area contributed by atoms with E-state index in [1.165, 1.54) is 0 Å². The van der Waals surface area contributed by atoms with Gasteiger partial charge in [-0.3, -0.25) is 0 Å². The van der Waals surface area contributed by atoms with Gasteiger partial charge in [-0.25, -0.2) is 9.97 Å². The molecule has 0 amide bonds. The third-order valence-corrected chi connectivity index (χ3v) is 3.61. The molecular formula is C13H22N4O. The summed E-state index contributed by atoms with van der Waals surface area (Å²) in [5.74, 6) is 1.90. The number of nitrogens with zero attached hydrogens (tertiary/aromatic N) is 4. The van der Waals surface area contributed by atoms with Crippen LogP contribution in [-0.4, -0.2) is 47.4 Å². The number of rotatable bonds is 5. The van der Waals surface area contributed by atoms with Gasteiger partial charge in [-0.1, -0.05) is 0 Å². The maximum atomic E-state index is 9.37. The summed E-state index contributed by atoms with van der Waals surface area (Å²) >= 11 is 0. The molecule has 1 atom stereocenters. The minimum atomic E-state index is 0.199. The monoisotopic (exact) mass is 250 g/mol. The summed E-state index contributed by atoms with van der Waals surface area (Å²) < 4.78 is 0. The Hall–Kier alpha value is -1.36. The molecule has 1 unspecified atom stereocenters. The maximum absolute atomic E-state index is 9.37. The van der Waals surface area contributed by atoms with Crippen molar-refractivity contribution in [3.8, 4) is 0 Å². The number of aliphatic hydroxyl groups excluding tert-OH is 1. The van der Waals surface area contributed by atoms with Crippen molar-refractivity contribution in [1.29, 1.82) is 0 Å². The van der Waals surface area contributed by atoms with E-state index in [9.17, 15) is 5.11 Å². The first-order chi connectivity index (χ1) is 8.80. The van der Waals surface area contributed by atoms with Crippen molar-refractivity contribution in [3.05, 3.63) is 12.4 Å². The molecule has 0 radical (unpaired) electrons. The Morgan fingerprint density at radius 2 is 2.17 bits per heavy atom. The van der Waals surface area contributed by atoms with Crippen LogP contribution in [0, 0.1) is 0 Å². The molecule has 1 aliphatic rings. The van der Waals surface area contributed by atoms with Crippen LogP contribution in [0.4, 0.5) is 11.6 Å². The zero-order valence-corrected chi connectivity index (χ0v) is 11.2. The van der Waals surface area contributed by atoms with Gasteiger partial charge in [-0.05, 0) is 26.7 Å². The minimum absolute atomic E-state index is 0.199. The molecule has 0 bridgehead atoms. The molecule has 18 heavy (non-hydrogen) atoms. The Bertz CT molecular complexity index is 381. The first-order valence-corrected chi connectivity index (χ1v) is 6.74. The molecule has 1 aliphatic heterocycles. The summed E-state index contributed by atoms with van der Waals surface area (Å²) in [5, 5.41) is 9.37. The fourth-order valence-corrected chi connectivity index (χ4v) is 2.54. The molecule has 0 spiro atoms. The fraction of sp³-hybridized carbons (Fsp3) is 0.692. The van der Waals surface area contributed by atoms with Crippen LogP contribution in [-0.2, 0) is 0 Å². The Labute approximate surface area is 108 Å². The van der Waals surface area contributed by atoms with Crippen molar-refractivity contribution in [2.24, 2.45) is 0 Å². The Morgan fingerprint density at radius 3 is 2.83 bits per heavy atom. The van der Waals surface area contributed by atoms with Crippen molar-refractivity contribution in [2.75, 3.05) is 36.0 Å². The van der Waals surface area contributed by atoms with Crippen molar-refractivity contribution in [1.82, 2.24) is 9.97 Å². The summed E-state index contributed by atoms with van der Waals surface area (Å²) in [4.78, 5) is 13.1. The van der Waals surface area contributed by atoms with Gasteiger partial charge in [0, 0.05) is 25.7 Å². The standard InChI is InChI=1S/C13H22N4O/c1-3-16(4-2)12-8-13(15-10-14-12)17-7-5-6-11(17)9-18/h8,10-11,18H,3-7,9H2,1-2H3. The zero-order valence-electron chi connectivity index (χ0n) is 11.2. The summed E-state index contributed by atoms with van der Waals surface area (Å²) in [6, 6.07) is 2.24. The lowest BCUT2D eigenvalue weighted by atomic mass is 10.2. The summed E-state index contributed by atoms with van der Waals surface area (Å²) in [6.07, 6.45) is 3.78. The van der Waals surface area contributed by atoms with Gasteiger partial charge in [0.1, 0.15) is 18.0 Å². The number of anilines is 2. The van der Waals surface area contributed by atoms with E-state index in [0.717, 1.165) is 44.1 Å². The number of hydrogen-bond acceptors (Lipinski definition) is 5. The van der Waals surface area contributed by atoms with Gasteiger partial charge in [0.05, 0.1) is 12.6 Å². The highest BCUT2D eigenvalue weighted by Crippen LogP contribution is 2.25. The molecule has 5 nitrogen and oxygen atoms in total. The maximum Gasteiger partial charge on any atom is 0.134 e. The molecule has 1 aromatic rings. The van der Waals surface area contributed by atoms with Crippen molar-refractivity contribution in [2.45, 2.75) is 32.7 Å². The first kappa shape index (κ1) is 13.1. The van der Waals surface area contributed by atoms with Crippen molar-refractivity contribution >= 4 is 11.6 Å². The van der Waals surface area contributed by atoms with Crippen LogP contribution in [0.15, 0.2) is 12.4 Å². The summed E-state index contributed by atoms with van der Waals surface area (Å²) in [5.41, 5.74) is 0. The molecule has 0 saturated carbocycles. The Balaban J connectivity index is 2.21. The summed E-state index contributed by atoms with van der Waals surface area (Å²) in [6.45, 7) is 7.30. The molecule has 2 heterocycles. The van der Waals surface area contributed by atoms with Gasteiger partial charge in [-0.15, -0.1) is 0 Å². The van der Waals surface area contributed by atoms with Crippen LogP contribution in [0.2, 0.25) is 0 Å². The zero-order chi connectivity index (χ0) is 13.0. The van der Waals surface area contributed by atoms with E-state index in [1.54, 1.807) is 6.33 Å². The van der Waals surface area contributed by atoms with Gasteiger partial charge in [0.25, 0.3) is 0 Å². The molecule has 1 N–H and O–H groups in total. The lowest BCUT2D eigenvalue weighted by molar-refractivity contribution is 0.266. The quantitative estimate of drug-likeness (QED) is 0.853. The first-order valence-electron chi connectivity index (χ1n) is 6.74. The fourth-order valence-electron chi connectivity index (χ4n) is 2.54. The van der Waals surface area contributed by atoms with E-state index in [-0.39, 0.29) is 12.6 Å². The Morgan fingerprint density at radius 1 is 1.39 bits per heavy atom. The molecule has 1 saturated heterocycles. The third-order valence-electron chi connectivity index (χ3n) is 3.61. The van der Waals surface area contributed by atoms with Crippen LogP contribution in [0.1, 0.15) is 26.7 Å².